The number of amides is 1. The lowest BCUT2D eigenvalue weighted by Gasteiger charge is -2.29. The summed E-state index contributed by atoms with van der Waals surface area (Å²) in [5.74, 6) is 0.302. The van der Waals surface area contributed by atoms with Crippen LogP contribution < -0.4 is 5.32 Å². The van der Waals surface area contributed by atoms with Gasteiger partial charge in [0.05, 0.1) is 5.92 Å². The topological polar surface area (TPSA) is 66.4 Å². The summed E-state index contributed by atoms with van der Waals surface area (Å²) in [5, 5.41) is 12.1. The zero-order valence-corrected chi connectivity index (χ0v) is 12.4. The largest absolute Gasteiger partial charge is 0.481 e. The van der Waals surface area contributed by atoms with Crippen molar-refractivity contribution in [3.8, 4) is 0 Å². The van der Waals surface area contributed by atoms with Gasteiger partial charge in [-0.1, -0.05) is 26.2 Å². The van der Waals surface area contributed by atoms with Crippen molar-refractivity contribution in [2.75, 3.05) is 6.54 Å². The molecule has 4 nitrogen and oxygen atoms in total. The maximum atomic E-state index is 12.2. The first-order valence-corrected chi connectivity index (χ1v) is 8.06. The van der Waals surface area contributed by atoms with Gasteiger partial charge in [-0.3, -0.25) is 9.59 Å². The molecule has 2 fully saturated rings. The van der Waals surface area contributed by atoms with E-state index in [1.54, 1.807) is 0 Å². The van der Waals surface area contributed by atoms with Crippen LogP contribution in [0.25, 0.3) is 0 Å². The lowest BCUT2D eigenvalue weighted by Crippen LogP contribution is -2.38. The molecule has 0 aromatic carbocycles. The minimum absolute atomic E-state index is 0.0779. The Morgan fingerprint density at radius 2 is 1.75 bits per heavy atom. The van der Waals surface area contributed by atoms with Crippen molar-refractivity contribution in [3.05, 3.63) is 0 Å². The monoisotopic (exact) mass is 281 g/mol. The van der Waals surface area contributed by atoms with Crippen molar-refractivity contribution in [2.24, 2.45) is 23.7 Å². The van der Waals surface area contributed by atoms with Crippen LogP contribution in [0, 0.1) is 23.7 Å². The Balaban J connectivity index is 1.75. The van der Waals surface area contributed by atoms with Gasteiger partial charge in [0.15, 0.2) is 0 Å². The van der Waals surface area contributed by atoms with E-state index in [2.05, 4.69) is 12.2 Å². The molecule has 0 bridgehead atoms. The molecule has 0 aromatic heterocycles. The zero-order chi connectivity index (χ0) is 14.5. The summed E-state index contributed by atoms with van der Waals surface area (Å²) in [6, 6.07) is 0. The second kappa shape index (κ2) is 7.09. The van der Waals surface area contributed by atoms with Crippen LogP contribution in [0.5, 0.6) is 0 Å². The molecule has 0 saturated heterocycles. The summed E-state index contributed by atoms with van der Waals surface area (Å²) in [5.41, 5.74) is 0. The van der Waals surface area contributed by atoms with Gasteiger partial charge >= 0.3 is 5.97 Å². The fraction of sp³-hybridized carbons (Fsp3) is 0.875. The number of carbonyl (C=O) groups excluding carboxylic acids is 1. The molecule has 2 saturated carbocycles. The SMILES string of the molecule is CC1CCCC(CNC(=O)C2CCCC(C(=O)O)C2)C1. The van der Waals surface area contributed by atoms with E-state index in [1.165, 1.54) is 25.7 Å². The molecule has 0 heterocycles. The molecular formula is C16H27NO3. The smallest absolute Gasteiger partial charge is 0.306 e. The van der Waals surface area contributed by atoms with Crippen LogP contribution in [0.15, 0.2) is 0 Å². The van der Waals surface area contributed by atoms with Crippen molar-refractivity contribution in [1.29, 1.82) is 0 Å². The summed E-state index contributed by atoms with van der Waals surface area (Å²) in [6.45, 7) is 3.06. The Hall–Kier alpha value is -1.06. The molecule has 2 aliphatic carbocycles. The van der Waals surface area contributed by atoms with Crippen molar-refractivity contribution >= 4 is 11.9 Å². The molecule has 2 N–H and O–H groups in total. The molecule has 4 atom stereocenters. The minimum atomic E-state index is -0.747. The molecule has 4 unspecified atom stereocenters. The van der Waals surface area contributed by atoms with Gasteiger partial charge in [0.2, 0.25) is 5.91 Å². The Labute approximate surface area is 121 Å². The molecule has 20 heavy (non-hydrogen) atoms. The molecule has 4 heteroatoms. The fourth-order valence-corrected chi connectivity index (χ4v) is 3.79. The summed E-state index contributed by atoms with van der Waals surface area (Å²) in [6.07, 6.45) is 7.95. The van der Waals surface area contributed by atoms with Gasteiger partial charge < -0.3 is 10.4 Å². The number of hydrogen-bond acceptors (Lipinski definition) is 2. The first-order valence-electron chi connectivity index (χ1n) is 8.06. The van der Waals surface area contributed by atoms with Gasteiger partial charge in [0.1, 0.15) is 0 Å². The predicted molar refractivity (Wildman–Crippen MR) is 77.2 cm³/mol. The lowest BCUT2D eigenvalue weighted by molar-refractivity contribution is -0.144. The van der Waals surface area contributed by atoms with Gasteiger partial charge in [-0.25, -0.2) is 0 Å². The zero-order valence-electron chi connectivity index (χ0n) is 12.4. The Morgan fingerprint density at radius 1 is 1.05 bits per heavy atom. The van der Waals surface area contributed by atoms with Gasteiger partial charge in [-0.05, 0) is 43.9 Å². The third-order valence-electron chi connectivity index (χ3n) is 5.00. The van der Waals surface area contributed by atoms with Crippen LogP contribution in [0.4, 0.5) is 0 Å². The second-order valence-electron chi connectivity index (χ2n) is 6.78. The quantitative estimate of drug-likeness (QED) is 0.832. The van der Waals surface area contributed by atoms with E-state index in [1.807, 2.05) is 0 Å². The van der Waals surface area contributed by atoms with E-state index in [4.69, 9.17) is 5.11 Å². The first-order chi connectivity index (χ1) is 9.56. The number of rotatable bonds is 4. The Kier molecular flexibility index (Phi) is 5.44. The highest BCUT2D eigenvalue weighted by Gasteiger charge is 2.31. The summed E-state index contributed by atoms with van der Waals surface area (Å²) in [7, 11) is 0. The second-order valence-corrected chi connectivity index (χ2v) is 6.78. The van der Waals surface area contributed by atoms with E-state index < -0.39 is 5.97 Å². The van der Waals surface area contributed by atoms with Gasteiger partial charge in [-0.15, -0.1) is 0 Å². The normalized spacial score (nSPS) is 34.5. The Morgan fingerprint density at radius 3 is 2.45 bits per heavy atom. The van der Waals surface area contributed by atoms with Crippen molar-refractivity contribution < 1.29 is 14.7 Å². The number of aliphatic carboxylic acids is 1. The minimum Gasteiger partial charge on any atom is -0.481 e. The highest BCUT2D eigenvalue weighted by molar-refractivity contribution is 5.80. The highest BCUT2D eigenvalue weighted by atomic mass is 16.4. The van der Waals surface area contributed by atoms with E-state index >= 15 is 0 Å². The average molecular weight is 281 g/mol. The molecule has 0 radical (unpaired) electrons. The van der Waals surface area contributed by atoms with Gasteiger partial charge in [0, 0.05) is 12.5 Å². The molecule has 0 spiro atoms. The van der Waals surface area contributed by atoms with E-state index in [-0.39, 0.29) is 17.7 Å². The number of carboxylic acids is 1. The molecule has 2 aliphatic rings. The third kappa shape index (κ3) is 4.22. The molecule has 2 rings (SSSR count). The van der Waals surface area contributed by atoms with Gasteiger partial charge in [-0.2, -0.15) is 0 Å². The summed E-state index contributed by atoms with van der Waals surface area (Å²) >= 11 is 0. The van der Waals surface area contributed by atoms with Crippen LogP contribution >= 0.6 is 0 Å². The molecular weight excluding hydrogens is 254 g/mol. The van der Waals surface area contributed by atoms with Crippen LogP contribution in [0.3, 0.4) is 0 Å². The number of nitrogens with one attached hydrogen (secondary N) is 1. The van der Waals surface area contributed by atoms with E-state index in [0.717, 1.165) is 31.7 Å². The maximum absolute atomic E-state index is 12.2. The standard InChI is InChI=1S/C16H27NO3/c1-11-4-2-5-12(8-11)10-17-15(18)13-6-3-7-14(9-13)16(19)20/h11-14H,2-10H2,1H3,(H,17,18)(H,19,20). The van der Waals surface area contributed by atoms with Crippen LogP contribution in [0.1, 0.15) is 58.3 Å². The van der Waals surface area contributed by atoms with E-state index in [0.29, 0.717) is 12.3 Å². The number of carboxylic acid groups (broad SMARTS) is 1. The van der Waals surface area contributed by atoms with Crippen molar-refractivity contribution in [2.45, 2.75) is 58.3 Å². The highest BCUT2D eigenvalue weighted by Crippen LogP contribution is 2.30. The Bertz CT molecular complexity index is 356. The van der Waals surface area contributed by atoms with Crippen molar-refractivity contribution in [1.82, 2.24) is 5.32 Å². The van der Waals surface area contributed by atoms with Crippen LogP contribution in [0.2, 0.25) is 0 Å². The fourth-order valence-electron chi connectivity index (χ4n) is 3.79. The number of hydrogen-bond donors (Lipinski definition) is 2. The average Bonchev–Trinajstić information content (AvgIpc) is 2.45. The molecule has 114 valence electrons. The number of carbonyl (C=O) groups is 2. The predicted octanol–water partition coefficient (Wildman–Crippen LogP) is 2.82. The van der Waals surface area contributed by atoms with E-state index in [9.17, 15) is 9.59 Å². The molecule has 1 amide bonds. The first kappa shape index (κ1) is 15.3. The third-order valence-corrected chi connectivity index (χ3v) is 5.00. The summed E-state index contributed by atoms with van der Waals surface area (Å²) in [4.78, 5) is 23.2. The van der Waals surface area contributed by atoms with Crippen molar-refractivity contribution in [3.63, 3.8) is 0 Å². The van der Waals surface area contributed by atoms with Crippen LogP contribution in [-0.4, -0.2) is 23.5 Å². The molecule has 0 aromatic rings. The maximum Gasteiger partial charge on any atom is 0.306 e. The molecule has 0 aliphatic heterocycles. The summed E-state index contributed by atoms with van der Waals surface area (Å²) < 4.78 is 0. The lowest BCUT2D eigenvalue weighted by atomic mass is 9.80. The van der Waals surface area contributed by atoms with Gasteiger partial charge in [0.25, 0.3) is 0 Å². The van der Waals surface area contributed by atoms with Crippen LogP contribution in [-0.2, 0) is 9.59 Å².